The average Bonchev–Trinajstić information content (AvgIpc) is 2.80. The van der Waals surface area contributed by atoms with Gasteiger partial charge in [0.2, 0.25) is 0 Å². The van der Waals surface area contributed by atoms with Crippen molar-refractivity contribution in [3.63, 3.8) is 0 Å². The van der Waals surface area contributed by atoms with Crippen molar-refractivity contribution in [2.24, 2.45) is 0 Å². The number of halogens is 1. The van der Waals surface area contributed by atoms with Crippen molar-refractivity contribution in [2.75, 3.05) is 6.54 Å². The van der Waals surface area contributed by atoms with Crippen LogP contribution in [-0.4, -0.2) is 22.2 Å². The molecule has 0 bridgehead atoms. The van der Waals surface area contributed by atoms with Crippen LogP contribution in [0.2, 0.25) is 0 Å². The molecule has 1 heterocycles. The molecule has 0 radical (unpaired) electrons. The quantitative estimate of drug-likeness (QED) is 0.861. The molecule has 1 N–H and O–H groups in total. The summed E-state index contributed by atoms with van der Waals surface area (Å²) in [6.45, 7) is 3.42. The molecule has 0 aliphatic rings. The molecule has 0 fully saturated rings. The number of carbonyl (C=O) groups excluding carboxylic acids is 1. The second-order valence-electron chi connectivity index (χ2n) is 4.34. The Kier molecular flexibility index (Phi) is 4.74. The molecular formula is C14H16BrN3O. The fourth-order valence-electron chi connectivity index (χ4n) is 1.76. The van der Waals surface area contributed by atoms with E-state index >= 15 is 0 Å². The van der Waals surface area contributed by atoms with Gasteiger partial charge in [0, 0.05) is 29.3 Å². The average molecular weight is 322 g/mol. The van der Waals surface area contributed by atoms with Crippen LogP contribution in [0.15, 0.2) is 41.0 Å². The van der Waals surface area contributed by atoms with Gasteiger partial charge in [0.05, 0.1) is 5.69 Å². The third-order valence-electron chi connectivity index (χ3n) is 2.71. The van der Waals surface area contributed by atoms with Crippen molar-refractivity contribution in [2.45, 2.75) is 19.9 Å². The van der Waals surface area contributed by atoms with E-state index in [-0.39, 0.29) is 5.91 Å². The first-order chi connectivity index (χ1) is 9.15. The first-order valence-electron chi connectivity index (χ1n) is 6.19. The predicted molar refractivity (Wildman–Crippen MR) is 78.1 cm³/mol. The van der Waals surface area contributed by atoms with Crippen LogP contribution in [0, 0.1) is 6.92 Å². The molecule has 0 unspecified atom stereocenters. The van der Waals surface area contributed by atoms with Crippen LogP contribution in [0.1, 0.15) is 22.5 Å². The molecule has 1 amide bonds. The molecule has 1 aromatic heterocycles. The number of amides is 1. The second-order valence-corrected chi connectivity index (χ2v) is 5.26. The Bertz CT molecular complexity index is 565. The lowest BCUT2D eigenvalue weighted by atomic mass is 10.2. The fraction of sp³-hybridized carbons (Fsp3) is 0.286. The van der Waals surface area contributed by atoms with E-state index in [1.54, 1.807) is 6.07 Å². The summed E-state index contributed by atoms with van der Waals surface area (Å²) < 4.78 is 2.80. The molecule has 0 saturated carbocycles. The highest BCUT2D eigenvalue weighted by molar-refractivity contribution is 9.10. The van der Waals surface area contributed by atoms with Crippen LogP contribution in [-0.2, 0) is 6.54 Å². The number of hydrogen-bond acceptors (Lipinski definition) is 2. The van der Waals surface area contributed by atoms with E-state index in [0.717, 1.165) is 23.1 Å². The van der Waals surface area contributed by atoms with Crippen LogP contribution in [0.25, 0.3) is 0 Å². The molecule has 0 aliphatic heterocycles. The van der Waals surface area contributed by atoms with Gasteiger partial charge in [0.15, 0.2) is 0 Å². The van der Waals surface area contributed by atoms with E-state index in [9.17, 15) is 4.79 Å². The van der Waals surface area contributed by atoms with Gasteiger partial charge in [-0.1, -0.05) is 22.0 Å². The minimum absolute atomic E-state index is 0.0436. The Hall–Kier alpha value is -1.62. The lowest BCUT2D eigenvalue weighted by molar-refractivity contribution is 0.0952. The molecule has 100 valence electrons. The Morgan fingerprint density at radius 3 is 2.95 bits per heavy atom. The summed E-state index contributed by atoms with van der Waals surface area (Å²) in [5.74, 6) is -0.0436. The zero-order valence-electron chi connectivity index (χ0n) is 10.8. The van der Waals surface area contributed by atoms with E-state index in [0.29, 0.717) is 12.1 Å². The lowest BCUT2D eigenvalue weighted by Gasteiger charge is -2.06. The van der Waals surface area contributed by atoms with E-state index in [2.05, 4.69) is 26.3 Å². The molecule has 1 aromatic carbocycles. The smallest absolute Gasteiger partial charge is 0.251 e. The van der Waals surface area contributed by atoms with Crippen LogP contribution in [0.3, 0.4) is 0 Å². The summed E-state index contributed by atoms with van der Waals surface area (Å²) in [6.07, 6.45) is 2.81. The van der Waals surface area contributed by atoms with Crippen molar-refractivity contribution in [3.05, 3.63) is 52.3 Å². The van der Waals surface area contributed by atoms with Gasteiger partial charge >= 0.3 is 0 Å². The summed E-state index contributed by atoms with van der Waals surface area (Å²) in [4.78, 5) is 11.9. The van der Waals surface area contributed by atoms with Crippen molar-refractivity contribution in [1.29, 1.82) is 0 Å². The van der Waals surface area contributed by atoms with Gasteiger partial charge in [-0.05, 0) is 37.6 Å². The van der Waals surface area contributed by atoms with Crippen LogP contribution in [0.4, 0.5) is 0 Å². The summed E-state index contributed by atoms with van der Waals surface area (Å²) >= 11 is 3.35. The summed E-state index contributed by atoms with van der Waals surface area (Å²) in [5, 5.41) is 7.20. The third-order valence-corrected chi connectivity index (χ3v) is 3.20. The zero-order chi connectivity index (χ0) is 13.7. The van der Waals surface area contributed by atoms with Crippen molar-refractivity contribution < 1.29 is 4.79 Å². The van der Waals surface area contributed by atoms with E-state index in [1.807, 2.05) is 42.1 Å². The van der Waals surface area contributed by atoms with Gasteiger partial charge in [-0.2, -0.15) is 5.10 Å². The minimum atomic E-state index is -0.0436. The Labute approximate surface area is 120 Å². The monoisotopic (exact) mass is 321 g/mol. The summed E-state index contributed by atoms with van der Waals surface area (Å²) in [5.41, 5.74) is 1.68. The molecule has 0 spiro atoms. The van der Waals surface area contributed by atoms with Gasteiger partial charge in [0.25, 0.3) is 5.91 Å². The molecule has 2 rings (SSSR count). The highest BCUT2D eigenvalue weighted by atomic mass is 79.9. The number of nitrogens with one attached hydrogen (secondary N) is 1. The zero-order valence-corrected chi connectivity index (χ0v) is 12.4. The molecular weight excluding hydrogens is 306 g/mol. The Morgan fingerprint density at radius 1 is 1.42 bits per heavy atom. The van der Waals surface area contributed by atoms with Crippen molar-refractivity contribution in [3.8, 4) is 0 Å². The van der Waals surface area contributed by atoms with Gasteiger partial charge in [0.1, 0.15) is 0 Å². The van der Waals surface area contributed by atoms with Gasteiger partial charge < -0.3 is 5.32 Å². The van der Waals surface area contributed by atoms with Crippen molar-refractivity contribution >= 4 is 21.8 Å². The molecule has 0 aliphatic carbocycles. The first-order valence-corrected chi connectivity index (χ1v) is 6.98. The molecule has 0 atom stereocenters. The third kappa shape index (κ3) is 4.21. The van der Waals surface area contributed by atoms with E-state index < -0.39 is 0 Å². The molecule has 4 nitrogen and oxygen atoms in total. The maximum absolute atomic E-state index is 11.9. The van der Waals surface area contributed by atoms with Crippen LogP contribution < -0.4 is 5.32 Å². The standard InChI is InChI=1S/C14H16BrN3O/c1-11-6-9-18(17-11)8-3-7-16-14(19)12-4-2-5-13(15)10-12/h2,4-6,9-10H,3,7-8H2,1H3,(H,16,19). The van der Waals surface area contributed by atoms with Crippen LogP contribution >= 0.6 is 15.9 Å². The van der Waals surface area contributed by atoms with Gasteiger partial charge in [-0.3, -0.25) is 9.48 Å². The van der Waals surface area contributed by atoms with Gasteiger partial charge in [-0.25, -0.2) is 0 Å². The topological polar surface area (TPSA) is 46.9 Å². The number of nitrogens with zero attached hydrogens (tertiary/aromatic N) is 2. The summed E-state index contributed by atoms with van der Waals surface area (Å²) in [6, 6.07) is 9.34. The summed E-state index contributed by atoms with van der Waals surface area (Å²) in [7, 11) is 0. The first kappa shape index (κ1) is 13.8. The highest BCUT2D eigenvalue weighted by Crippen LogP contribution is 2.11. The molecule has 0 saturated heterocycles. The molecule has 2 aromatic rings. The van der Waals surface area contributed by atoms with E-state index in [1.165, 1.54) is 0 Å². The highest BCUT2D eigenvalue weighted by Gasteiger charge is 2.04. The maximum atomic E-state index is 11.9. The lowest BCUT2D eigenvalue weighted by Crippen LogP contribution is -2.25. The largest absolute Gasteiger partial charge is 0.352 e. The number of aryl methyl sites for hydroxylation is 2. The number of hydrogen-bond donors (Lipinski definition) is 1. The van der Waals surface area contributed by atoms with Crippen LogP contribution in [0.5, 0.6) is 0 Å². The predicted octanol–water partition coefficient (Wildman–Crippen LogP) is 2.77. The number of carbonyl (C=O) groups is 1. The SMILES string of the molecule is Cc1ccn(CCCNC(=O)c2cccc(Br)c2)n1. The second kappa shape index (κ2) is 6.52. The Balaban J connectivity index is 1.75. The molecule has 5 heteroatoms. The normalized spacial score (nSPS) is 10.4. The maximum Gasteiger partial charge on any atom is 0.251 e. The number of rotatable bonds is 5. The Morgan fingerprint density at radius 2 is 2.26 bits per heavy atom. The molecule has 19 heavy (non-hydrogen) atoms. The van der Waals surface area contributed by atoms with Gasteiger partial charge in [-0.15, -0.1) is 0 Å². The number of aromatic nitrogens is 2. The fourth-order valence-corrected chi connectivity index (χ4v) is 2.16. The van der Waals surface area contributed by atoms with Crippen molar-refractivity contribution in [1.82, 2.24) is 15.1 Å². The number of benzene rings is 1. The minimum Gasteiger partial charge on any atom is -0.352 e. The van der Waals surface area contributed by atoms with E-state index in [4.69, 9.17) is 0 Å².